The number of hydrogen-bond acceptors (Lipinski definition) is 6. The Morgan fingerprint density at radius 3 is 2.51 bits per heavy atom. The number of allylic oxidation sites excluding steroid dienone is 1. The molecule has 3 aromatic rings. The van der Waals surface area contributed by atoms with Crippen molar-refractivity contribution in [2.45, 2.75) is 19.1 Å². The van der Waals surface area contributed by atoms with Crippen LogP contribution in [-0.4, -0.2) is 60.0 Å². The number of nitriles is 1. The summed E-state index contributed by atoms with van der Waals surface area (Å²) in [7, 11) is 7.05. The summed E-state index contributed by atoms with van der Waals surface area (Å²) >= 11 is 0. The number of anilines is 2. The number of alkyl halides is 3. The van der Waals surface area contributed by atoms with Crippen LogP contribution in [0, 0.1) is 23.2 Å². The van der Waals surface area contributed by atoms with Gasteiger partial charge in [0.25, 0.3) is 0 Å². The van der Waals surface area contributed by atoms with E-state index in [9.17, 15) is 28.0 Å². The first kappa shape index (κ1) is 31.4. The molecule has 0 bridgehead atoms. The fraction of sp³-hybridized carbons (Fsp3) is 0.286. The van der Waals surface area contributed by atoms with Gasteiger partial charge in [-0.05, 0) is 48.7 Å². The third-order valence-electron chi connectivity index (χ3n) is 6.23. The number of methoxy groups -OCH3 is 1. The summed E-state index contributed by atoms with van der Waals surface area (Å²) in [5.41, 5.74) is -0.242. The van der Waals surface area contributed by atoms with Gasteiger partial charge in [0, 0.05) is 16.9 Å². The molecule has 0 radical (unpaired) electrons. The van der Waals surface area contributed by atoms with Crippen LogP contribution < -0.4 is 34.6 Å². The molecule has 4 rings (SSSR count). The molecule has 1 N–H and O–H groups in total. The molecule has 41 heavy (non-hydrogen) atoms. The van der Waals surface area contributed by atoms with E-state index >= 15 is 0 Å². The second-order valence-electron chi connectivity index (χ2n) is 10.1. The molecule has 0 fully saturated rings. The lowest BCUT2D eigenvalue weighted by molar-refractivity contribution is -0.862. The van der Waals surface area contributed by atoms with Crippen molar-refractivity contribution in [1.29, 1.82) is 5.26 Å². The van der Waals surface area contributed by atoms with Crippen molar-refractivity contribution in [2.75, 3.05) is 39.7 Å². The number of fused-ring (bicyclic) bond motifs is 1. The predicted octanol–water partition coefficient (Wildman–Crippen LogP) is 0.712. The zero-order valence-electron chi connectivity index (χ0n) is 22.8. The minimum atomic E-state index is -4.62. The largest absolute Gasteiger partial charge is 1.00 e. The Morgan fingerprint density at radius 1 is 1.20 bits per heavy atom. The number of H-pyrrole nitrogens is 1. The highest BCUT2D eigenvalue weighted by Crippen LogP contribution is 2.43. The number of aromatic nitrogens is 3. The van der Waals surface area contributed by atoms with Crippen LogP contribution in [0.5, 0.6) is 0 Å². The maximum Gasteiger partial charge on any atom is 0.416 e. The van der Waals surface area contributed by atoms with Gasteiger partial charge in [0.1, 0.15) is 12.6 Å². The van der Waals surface area contributed by atoms with Gasteiger partial charge in [-0.25, -0.2) is 19.3 Å². The number of nitrogens with one attached hydrogen (secondary N) is 1. The fourth-order valence-corrected chi connectivity index (χ4v) is 4.42. The molecule has 0 amide bonds. The third-order valence-corrected chi connectivity index (χ3v) is 6.23. The topological polar surface area (TPSA) is 104 Å². The number of aromatic amines is 1. The first-order valence-corrected chi connectivity index (χ1v) is 12.0. The SMILES string of the molecule is COC(=O)C1=C(C)N(c2cccc(C(F)(F)F)c2)c2n[nH]c(=O)n2[C@@H]1c1ccc(C#N)cc1C#CC[N+](C)(C)C.[I-]. The molecule has 0 spiro atoms. The molecule has 1 atom stereocenters. The molecular weight excluding hydrogens is 652 g/mol. The lowest BCUT2D eigenvalue weighted by Crippen LogP contribution is -3.00. The Morgan fingerprint density at radius 2 is 1.90 bits per heavy atom. The minimum Gasteiger partial charge on any atom is -1.00 e. The summed E-state index contributed by atoms with van der Waals surface area (Å²) in [6, 6.07) is 10.1. The smallest absolute Gasteiger partial charge is 0.416 e. The highest BCUT2D eigenvalue weighted by atomic mass is 127. The molecule has 2 aromatic carbocycles. The van der Waals surface area contributed by atoms with E-state index in [4.69, 9.17) is 4.74 Å². The number of benzene rings is 2. The molecule has 1 aliphatic heterocycles. The van der Waals surface area contributed by atoms with Crippen LogP contribution in [0.4, 0.5) is 24.8 Å². The Hall–Kier alpha value is -4.08. The number of quaternary nitrogens is 1. The lowest BCUT2D eigenvalue weighted by atomic mass is 9.90. The van der Waals surface area contributed by atoms with Gasteiger partial charge < -0.3 is 33.2 Å². The average molecular weight is 678 g/mol. The van der Waals surface area contributed by atoms with Crippen molar-refractivity contribution in [1.82, 2.24) is 14.8 Å². The van der Waals surface area contributed by atoms with Crippen LogP contribution in [-0.2, 0) is 15.7 Å². The standard InChI is InChI=1S/C28H25F3N6O3.HI/c1-17-23(25(38)40-5)24(22-12-11-18(16-32)14-19(22)8-7-13-37(2,3)4)36-26(33-34-27(36)39)35(17)21-10-6-9-20(15-21)28(29,30)31;/h6,9-12,14-15,24H,13H2,1-5H3;1H/t24-;/m1./s1. The van der Waals surface area contributed by atoms with E-state index in [-0.39, 0.29) is 46.9 Å². The second kappa shape index (κ2) is 11.8. The second-order valence-corrected chi connectivity index (χ2v) is 10.1. The predicted molar refractivity (Wildman–Crippen MR) is 140 cm³/mol. The number of carbonyl (C=O) groups excluding carboxylic acids is 1. The summed E-state index contributed by atoms with van der Waals surface area (Å²) in [5.74, 6) is 5.32. The van der Waals surface area contributed by atoms with Crippen LogP contribution in [0.3, 0.4) is 0 Å². The minimum absolute atomic E-state index is 0. The van der Waals surface area contributed by atoms with Gasteiger partial charge in [-0.2, -0.15) is 18.4 Å². The van der Waals surface area contributed by atoms with Gasteiger partial charge in [0.05, 0.1) is 51.0 Å². The number of hydrogen-bond donors (Lipinski definition) is 1. The number of halogens is 4. The van der Waals surface area contributed by atoms with E-state index in [0.29, 0.717) is 27.7 Å². The Kier molecular flexibility index (Phi) is 9.05. The van der Waals surface area contributed by atoms with Crippen LogP contribution in [0.25, 0.3) is 0 Å². The number of nitrogens with zero attached hydrogens (tertiary/aromatic N) is 5. The quantitative estimate of drug-likeness (QED) is 0.189. The maximum absolute atomic E-state index is 13.5. The number of esters is 1. The maximum atomic E-state index is 13.5. The van der Waals surface area contributed by atoms with Gasteiger partial charge in [-0.1, -0.05) is 18.1 Å². The van der Waals surface area contributed by atoms with Gasteiger partial charge in [0.2, 0.25) is 5.95 Å². The van der Waals surface area contributed by atoms with E-state index in [2.05, 4.69) is 28.1 Å². The summed E-state index contributed by atoms with van der Waals surface area (Å²) in [4.78, 5) is 27.7. The molecule has 1 aromatic heterocycles. The summed E-state index contributed by atoms with van der Waals surface area (Å²) in [6.45, 7) is 2.01. The van der Waals surface area contributed by atoms with E-state index in [0.717, 1.165) is 12.1 Å². The highest BCUT2D eigenvalue weighted by molar-refractivity contribution is 5.93. The molecule has 0 saturated carbocycles. The Labute approximate surface area is 251 Å². The van der Waals surface area contributed by atoms with E-state index in [1.807, 2.05) is 21.1 Å². The van der Waals surface area contributed by atoms with Crippen LogP contribution in [0.15, 0.2) is 58.5 Å². The molecule has 0 aliphatic carbocycles. The van der Waals surface area contributed by atoms with Crippen molar-refractivity contribution in [2.24, 2.45) is 0 Å². The first-order valence-electron chi connectivity index (χ1n) is 12.0. The van der Waals surface area contributed by atoms with Crippen molar-refractivity contribution < 1.29 is 51.2 Å². The Bertz CT molecular complexity index is 1680. The van der Waals surface area contributed by atoms with Crippen molar-refractivity contribution in [3.63, 3.8) is 0 Å². The van der Waals surface area contributed by atoms with Gasteiger partial charge in [0.15, 0.2) is 0 Å². The molecule has 2 heterocycles. The van der Waals surface area contributed by atoms with Crippen LogP contribution in [0.2, 0.25) is 0 Å². The normalized spacial score (nSPS) is 14.8. The van der Waals surface area contributed by atoms with E-state index < -0.39 is 29.4 Å². The van der Waals surface area contributed by atoms with Gasteiger partial charge in [-0.3, -0.25) is 4.90 Å². The summed E-state index contributed by atoms with van der Waals surface area (Å²) in [6.07, 6.45) is -4.62. The van der Waals surface area contributed by atoms with Gasteiger partial charge >= 0.3 is 17.8 Å². The summed E-state index contributed by atoms with van der Waals surface area (Å²) < 4.78 is 47.4. The summed E-state index contributed by atoms with van der Waals surface area (Å²) in [5, 5.41) is 16.0. The molecule has 0 unspecified atom stereocenters. The highest BCUT2D eigenvalue weighted by Gasteiger charge is 2.41. The van der Waals surface area contributed by atoms with E-state index in [1.54, 1.807) is 12.1 Å². The molecule has 13 heteroatoms. The van der Waals surface area contributed by atoms with Crippen molar-refractivity contribution >= 4 is 17.6 Å². The molecule has 214 valence electrons. The van der Waals surface area contributed by atoms with E-state index in [1.165, 1.54) is 41.7 Å². The van der Waals surface area contributed by atoms with Crippen LogP contribution in [0.1, 0.15) is 35.2 Å². The number of ether oxygens (including phenoxy) is 1. The van der Waals surface area contributed by atoms with Crippen molar-refractivity contribution in [3.05, 3.63) is 86.5 Å². The molecule has 9 nitrogen and oxygen atoms in total. The number of carbonyl (C=O) groups is 1. The Balaban J connectivity index is 0.00000462. The molecule has 0 saturated heterocycles. The number of rotatable bonds is 4. The first-order chi connectivity index (χ1) is 18.8. The zero-order chi connectivity index (χ0) is 29.4. The molecular formula is C28H26F3IN6O3. The van der Waals surface area contributed by atoms with Crippen molar-refractivity contribution in [3.8, 4) is 17.9 Å². The third kappa shape index (κ3) is 6.31. The average Bonchev–Trinajstić information content (AvgIpc) is 3.27. The molecule has 1 aliphatic rings. The fourth-order valence-electron chi connectivity index (χ4n) is 4.42. The zero-order valence-corrected chi connectivity index (χ0v) is 25.0. The lowest BCUT2D eigenvalue weighted by Gasteiger charge is -2.35. The van der Waals surface area contributed by atoms with Gasteiger partial charge in [-0.15, -0.1) is 5.10 Å². The van der Waals surface area contributed by atoms with Crippen LogP contribution >= 0.6 is 0 Å². The monoisotopic (exact) mass is 678 g/mol.